The van der Waals surface area contributed by atoms with Gasteiger partial charge in [0.15, 0.2) is 12.2 Å². The Morgan fingerprint density at radius 3 is 2.04 bits per heavy atom. The van der Waals surface area contributed by atoms with Crippen LogP contribution in [-0.4, -0.2) is 86.2 Å². The van der Waals surface area contributed by atoms with Gasteiger partial charge in [-0.3, -0.25) is 28.4 Å². The third-order valence-corrected chi connectivity index (χ3v) is 6.93. The molecule has 3 rings (SSSR count). The minimum atomic E-state index is -5.08. The maximum absolute atomic E-state index is 13.1. The SMILES string of the molecule is N[C@@H](CC(=O)O)C(=O)NCC(=O)OCN1C(=O)N(Cc2ccc(Cl)cc2)SC1NC(=O)c1ccc(Cl)cc1.O=C(O)C(F)(F)F. The highest BCUT2D eigenvalue weighted by Gasteiger charge is 2.40. The molecule has 45 heavy (non-hydrogen) atoms. The van der Waals surface area contributed by atoms with E-state index in [9.17, 15) is 37.1 Å². The van der Waals surface area contributed by atoms with E-state index in [1.165, 1.54) is 16.4 Å². The van der Waals surface area contributed by atoms with Gasteiger partial charge in [0.25, 0.3) is 5.91 Å². The highest BCUT2D eigenvalue weighted by Crippen LogP contribution is 2.31. The van der Waals surface area contributed by atoms with Crippen LogP contribution in [-0.2, 0) is 30.5 Å². The van der Waals surface area contributed by atoms with Crippen LogP contribution in [0.25, 0.3) is 0 Å². The summed E-state index contributed by atoms with van der Waals surface area (Å²) in [5, 5.41) is 21.7. The van der Waals surface area contributed by atoms with E-state index >= 15 is 0 Å². The number of nitrogens with two attached hydrogens (primary N) is 1. The fourth-order valence-electron chi connectivity index (χ4n) is 3.11. The molecule has 0 bridgehead atoms. The number of urea groups is 1. The zero-order valence-corrected chi connectivity index (χ0v) is 25.0. The number of hydrogen-bond donors (Lipinski definition) is 5. The van der Waals surface area contributed by atoms with E-state index in [2.05, 4.69) is 10.6 Å². The van der Waals surface area contributed by atoms with Gasteiger partial charge in [-0.15, -0.1) is 0 Å². The standard InChI is InChI=1S/C23H23Cl2N5O7S.C2HF3O2/c24-15-5-1-13(2-6-15)11-30-23(36)29(12-37-19(33)10-27-21(35)17(26)9-18(31)32)22(38-30)28-20(34)14-3-7-16(25)8-4-14;3-2(4,5)1(6)7/h1-8,17,22H,9-12,26H2,(H,27,35)(H,28,34)(H,31,32);(H,6,7)/t17-,22?;/m0./s1. The van der Waals surface area contributed by atoms with E-state index in [1.807, 2.05) is 0 Å². The summed E-state index contributed by atoms with van der Waals surface area (Å²) < 4.78 is 38.2. The monoisotopic (exact) mass is 697 g/mol. The molecule has 0 aromatic heterocycles. The topological polar surface area (TPSA) is 209 Å². The first-order valence-corrected chi connectivity index (χ1v) is 13.8. The Morgan fingerprint density at radius 2 is 1.53 bits per heavy atom. The van der Waals surface area contributed by atoms with E-state index in [0.717, 1.165) is 22.4 Å². The Bertz CT molecular complexity index is 1400. The molecule has 0 spiro atoms. The van der Waals surface area contributed by atoms with Crippen molar-refractivity contribution in [1.29, 1.82) is 0 Å². The number of esters is 1. The third-order valence-electron chi connectivity index (χ3n) is 5.32. The first-order chi connectivity index (χ1) is 21.0. The van der Waals surface area contributed by atoms with Crippen molar-refractivity contribution in [1.82, 2.24) is 19.8 Å². The second-order valence-electron chi connectivity index (χ2n) is 8.72. The van der Waals surface area contributed by atoms with Crippen LogP contribution >= 0.6 is 35.1 Å². The molecular weight excluding hydrogens is 674 g/mol. The highest BCUT2D eigenvalue weighted by molar-refractivity contribution is 7.98. The van der Waals surface area contributed by atoms with Crippen LogP contribution in [0.1, 0.15) is 22.3 Å². The molecule has 0 radical (unpaired) electrons. The number of nitrogens with one attached hydrogen (secondary N) is 2. The van der Waals surface area contributed by atoms with Gasteiger partial charge in [-0.05, 0) is 42.0 Å². The number of hydrogen-bond acceptors (Lipinski definition) is 9. The number of aliphatic carboxylic acids is 2. The minimum Gasteiger partial charge on any atom is -0.481 e. The summed E-state index contributed by atoms with van der Waals surface area (Å²) in [5.74, 6) is -6.27. The summed E-state index contributed by atoms with van der Waals surface area (Å²) in [6.45, 7) is -0.960. The Labute approximate surface area is 266 Å². The molecule has 1 unspecified atom stereocenters. The van der Waals surface area contributed by atoms with Gasteiger partial charge in [0.2, 0.25) is 5.91 Å². The van der Waals surface area contributed by atoms with Crippen molar-refractivity contribution < 1.29 is 56.9 Å². The van der Waals surface area contributed by atoms with E-state index in [4.69, 9.17) is 48.7 Å². The Kier molecular flexibility index (Phi) is 13.7. The molecule has 6 N–H and O–H groups in total. The molecule has 2 aromatic carbocycles. The lowest BCUT2D eigenvalue weighted by molar-refractivity contribution is -0.192. The van der Waals surface area contributed by atoms with Gasteiger partial charge in [-0.1, -0.05) is 35.3 Å². The van der Waals surface area contributed by atoms with E-state index in [1.54, 1.807) is 36.4 Å². The summed E-state index contributed by atoms with van der Waals surface area (Å²) in [6, 6.07) is 11.1. The smallest absolute Gasteiger partial charge is 0.481 e. The van der Waals surface area contributed by atoms with Crippen molar-refractivity contribution in [3.8, 4) is 0 Å². The molecule has 2 aromatic rings. The summed E-state index contributed by atoms with van der Waals surface area (Å²) >= 11 is 12.8. The zero-order valence-electron chi connectivity index (χ0n) is 22.6. The number of nitrogens with zero attached hydrogens (tertiary/aromatic N) is 2. The lowest BCUT2D eigenvalue weighted by atomic mass is 10.2. The molecule has 20 heteroatoms. The van der Waals surface area contributed by atoms with Crippen molar-refractivity contribution in [3.05, 3.63) is 69.7 Å². The molecule has 1 fully saturated rings. The van der Waals surface area contributed by atoms with Gasteiger partial charge in [0, 0.05) is 27.6 Å². The summed E-state index contributed by atoms with van der Waals surface area (Å²) in [6.07, 6.45) is -5.70. The molecule has 1 heterocycles. The predicted molar refractivity (Wildman–Crippen MR) is 152 cm³/mol. The number of amides is 4. The van der Waals surface area contributed by atoms with Crippen LogP contribution in [0.2, 0.25) is 10.0 Å². The molecule has 0 aliphatic carbocycles. The van der Waals surface area contributed by atoms with Crippen LogP contribution in [0, 0.1) is 0 Å². The van der Waals surface area contributed by atoms with Crippen molar-refractivity contribution in [2.45, 2.75) is 30.7 Å². The molecule has 4 amide bonds. The zero-order chi connectivity index (χ0) is 33.9. The molecule has 244 valence electrons. The Morgan fingerprint density at radius 1 is 1.00 bits per heavy atom. The number of carboxylic acid groups (broad SMARTS) is 2. The van der Waals surface area contributed by atoms with Crippen LogP contribution in [0.4, 0.5) is 18.0 Å². The Balaban J connectivity index is 0.000000900. The molecule has 1 aliphatic rings. The normalized spacial score (nSPS) is 15.0. The number of carboxylic acids is 2. The average Bonchev–Trinajstić information content (AvgIpc) is 3.24. The lowest BCUT2D eigenvalue weighted by Crippen LogP contribution is -2.47. The van der Waals surface area contributed by atoms with Gasteiger partial charge in [0.1, 0.15) is 6.54 Å². The minimum absolute atomic E-state index is 0.177. The van der Waals surface area contributed by atoms with Gasteiger partial charge < -0.3 is 31.3 Å². The van der Waals surface area contributed by atoms with E-state index in [-0.39, 0.29) is 6.54 Å². The Hall–Kier alpha value is -4.26. The lowest BCUT2D eigenvalue weighted by Gasteiger charge is -2.22. The number of ether oxygens (including phenoxy) is 1. The number of carbonyl (C=O) groups excluding carboxylic acids is 4. The number of halogens is 5. The second-order valence-corrected chi connectivity index (χ2v) is 10.7. The second kappa shape index (κ2) is 16.7. The number of benzene rings is 2. The average molecular weight is 698 g/mol. The van der Waals surface area contributed by atoms with Gasteiger partial charge in [0.05, 0.1) is 19.0 Å². The van der Waals surface area contributed by atoms with Crippen molar-refractivity contribution in [2.75, 3.05) is 13.3 Å². The predicted octanol–water partition coefficient (Wildman–Crippen LogP) is 2.65. The molecule has 1 saturated heterocycles. The highest BCUT2D eigenvalue weighted by atomic mass is 35.5. The van der Waals surface area contributed by atoms with E-state index in [0.29, 0.717) is 15.6 Å². The maximum atomic E-state index is 13.1. The van der Waals surface area contributed by atoms with Crippen molar-refractivity contribution in [2.24, 2.45) is 5.73 Å². The fourth-order valence-corrected chi connectivity index (χ4v) is 4.45. The van der Waals surface area contributed by atoms with Crippen molar-refractivity contribution in [3.63, 3.8) is 0 Å². The maximum Gasteiger partial charge on any atom is 0.490 e. The van der Waals surface area contributed by atoms with Crippen molar-refractivity contribution >= 4 is 70.9 Å². The first-order valence-electron chi connectivity index (χ1n) is 12.2. The number of alkyl halides is 3. The summed E-state index contributed by atoms with van der Waals surface area (Å²) in [5.41, 5.74) is 5.59. The number of rotatable bonds is 11. The van der Waals surface area contributed by atoms with Crippen LogP contribution in [0.3, 0.4) is 0 Å². The number of carbonyl (C=O) groups is 6. The first kappa shape index (κ1) is 36.9. The van der Waals surface area contributed by atoms with E-state index < -0.39 is 73.2 Å². The summed E-state index contributed by atoms with van der Waals surface area (Å²) in [4.78, 5) is 70.6. The quantitative estimate of drug-likeness (QED) is 0.170. The third kappa shape index (κ3) is 12.3. The van der Waals surface area contributed by atoms with Gasteiger partial charge in [-0.25, -0.2) is 9.59 Å². The van der Waals surface area contributed by atoms with Crippen LogP contribution < -0.4 is 16.4 Å². The van der Waals surface area contributed by atoms with Crippen LogP contribution in [0.5, 0.6) is 0 Å². The van der Waals surface area contributed by atoms with Crippen LogP contribution in [0.15, 0.2) is 48.5 Å². The largest absolute Gasteiger partial charge is 0.490 e. The summed E-state index contributed by atoms with van der Waals surface area (Å²) in [7, 11) is 0. The van der Waals surface area contributed by atoms with Gasteiger partial charge in [-0.2, -0.15) is 13.2 Å². The fraction of sp³-hybridized carbons (Fsp3) is 0.280. The molecule has 14 nitrogen and oxygen atoms in total. The molecule has 2 atom stereocenters. The van der Waals surface area contributed by atoms with Gasteiger partial charge >= 0.3 is 30.1 Å². The molecule has 1 aliphatic heterocycles. The molecule has 0 saturated carbocycles. The molecular formula is C25H24Cl2F3N5O9S.